The maximum Gasteiger partial charge on any atom is -0.0347 e. The first-order chi connectivity index (χ1) is 7.91. The molecule has 0 N–H and O–H groups in total. The van der Waals surface area contributed by atoms with Gasteiger partial charge in [-0.3, -0.25) is 0 Å². The Labute approximate surface area is 102 Å². The molecule has 1 radical (unpaired) electrons. The number of rotatable bonds is 11. The smallest absolute Gasteiger partial charge is 0.0347 e. The second-order valence-corrected chi connectivity index (χ2v) is 4.23. The molecule has 0 unspecified atom stereocenters. The second kappa shape index (κ2) is 14.2. The zero-order valence-electron chi connectivity index (χ0n) is 10.8. The van der Waals surface area contributed by atoms with Crippen molar-refractivity contribution in [3.63, 3.8) is 0 Å². The van der Waals surface area contributed by atoms with Gasteiger partial charge in [0.15, 0.2) is 0 Å². The average molecular weight is 219 g/mol. The van der Waals surface area contributed by atoms with E-state index in [1.807, 2.05) is 6.08 Å². The van der Waals surface area contributed by atoms with Gasteiger partial charge in [0, 0.05) is 0 Å². The Kier molecular flexibility index (Phi) is 13.5. The molecule has 0 amide bonds. The molecule has 0 saturated carbocycles. The van der Waals surface area contributed by atoms with Crippen molar-refractivity contribution in [2.45, 2.75) is 64.7 Å². The number of unbranched alkanes of at least 4 members (excludes halogenated alkanes) is 7. The minimum Gasteiger partial charge on any atom is -0.0885 e. The molecule has 0 aliphatic carbocycles. The summed E-state index contributed by atoms with van der Waals surface area (Å²) in [5.74, 6) is 0. The molecule has 0 atom stereocenters. The number of hydrogen-bond donors (Lipinski definition) is 0. The summed E-state index contributed by atoms with van der Waals surface area (Å²) in [6.07, 6.45) is 22.0. The van der Waals surface area contributed by atoms with E-state index < -0.39 is 0 Å². The van der Waals surface area contributed by atoms with Gasteiger partial charge in [-0.15, -0.1) is 0 Å². The van der Waals surface area contributed by atoms with Crippen molar-refractivity contribution in [3.8, 4) is 0 Å². The fraction of sp³-hybridized carbons (Fsp3) is 0.625. The normalized spacial score (nSPS) is 11.6. The first-order valence-electron chi connectivity index (χ1n) is 6.77. The lowest BCUT2D eigenvalue weighted by atomic mass is 10.1. The van der Waals surface area contributed by atoms with Crippen molar-refractivity contribution in [2.24, 2.45) is 0 Å². The molecule has 0 spiro atoms. The van der Waals surface area contributed by atoms with Crippen LogP contribution in [0.3, 0.4) is 0 Å². The molecule has 0 aromatic heterocycles. The topological polar surface area (TPSA) is 0 Å². The molecule has 91 valence electrons. The summed E-state index contributed by atoms with van der Waals surface area (Å²) < 4.78 is 0. The standard InChI is InChI=1S/C16H27/c1-3-5-7-9-11-13-15-16-14-12-10-8-6-4-2/h1,3,5,7,14,16H,4,6,8-13,15H2,2H3. The third kappa shape index (κ3) is 13.2. The van der Waals surface area contributed by atoms with Gasteiger partial charge in [0.25, 0.3) is 0 Å². The van der Waals surface area contributed by atoms with Crippen molar-refractivity contribution >= 4 is 0 Å². The fourth-order valence-corrected chi connectivity index (χ4v) is 1.62. The van der Waals surface area contributed by atoms with Crippen LogP contribution in [0, 0.1) is 6.58 Å². The largest absolute Gasteiger partial charge is 0.0885 e. The second-order valence-electron chi connectivity index (χ2n) is 4.23. The Morgan fingerprint density at radius 1 is 0.750 bits per heavy atom. The number of allylic oxidation sites excluding steroid dienone is 5. The lowest BCUT2D eigenvalue weighted by molar-refractivity contribution is 0.673. The van der Waals surface area contributed by atoms with Crippen LogP contribution in [-0.4, -0.2) is 0 Å². The first-order valence-corrected chi connectivity index (χ1v) is 6.77. The molecule has 0 bridgehead atoms. The van der Waals surface area contributed by atoms with E-state index >= 15 is 0 Å². The molecular weight excluding hydrogens is 192 g/mol. The Morgan fingerprint density at radius 3 is 1.88 bits per heavy atom. The maximum absolute atomic E-state index is 5.24. The Balaban J connectivity index is 3.09. The van der Waals surface area contributed by atoms with E-state index in [2.05, 4.69) is 25.2 Å². The van der Waals surface area contributed by atoms with Gasteiger partial charge < -0.3 is 0 Å². The van der Waals surface area contributed by atoms with Crippen molar-refractivity contribution < 1.29 is 0 Å². The van der Waals surface area contributed by atoms with E-state index in [9.17, 15) is 0 Å². The lowest BCUT2D eigenvalue weighted by Gasteiger charge is -1.95. The van der Waals surface area contributed by atoms with E-state index in [1.54, 1.807) is 6.08 Å². The van der Waals surface area contributed by atoms with Crippen LogP contribution < -0.4 is 0 Å². The highest BCUT2D eigenvalue weighted by Gasteiger charge is 1.85. The first kappa shape index (κ1) is 15.2. The summed E-state index contributed by atoms with van der Waals surface area (Å²) in [6, 6.07) is 0. The highest BCUT2D eigenvalue weighted by atomic mass is 13.9. The average Bonchev–Trinajstić information content (AvgIpc) is 2.31. The molecule has 0 heteroatoms. The van der Waals surface area contributed by atoms with E-state index in [-0.39, 0.29) is 0 Å². The predicted molar refractivity (Wildman–Crippen MR) is 74.4 cm³/mol. The van der Waals surface area contributed by atoms with Crippen LogP contribution in [0.4, 0.5) is 0 Å². The van der Waals surface area contributed by atoms with Gasteiger partial charge in [0.1, 0.15) is 0 Å². The van der Waals surface area contributed by atoms with Gasteiger partial charge in [-0.25, -0.2) is 0 Å². The third-order valence-electron chi connectivity index (χ3n) is 2.63. The molecule has 0 heterocycles. The van der Waals surface area contributed by atoms with Gasteiger partial charge in [-0.2, -0.15) is 0 Å². The Hall–Kier alpha value is -0.780. The summed E-state index contributed by atoms with van der Waals surface area (Å²) in [7, 11) is 0. The molecular formula is C16H27. The molecule has 0 saturated heterocycles. The minimum absolute atomic E-state index is 1.15. The maximum atomic E-state index is 5.24. The predicted octanol–water partition coefficient (Wildman–Crippen LogP) is 5.62. The molecule has 0 fully saturated rings. The summed E-state index contributed by atoms with van der Waals surface area (Å²) in [4.78, 5) is 0. The molecule has 0 aromatic carbocycles. The molecule has 0 aromatic rings. The van der Waals surface area contributed by atoms with Crippen molar-refractivity contribution in [3.05, 3.63) is 37.0 Å². The molecule has 0 aliphatic rings. The third-order valence-corrected chi connectivity index (χ3v) is 2.63. The molecule has 0 aliphatic heterocycles. The summed E-state index contributed by atoms with van der Waals surface area (Å²) in [6.45, 7) is 7.49. The minimum atomic E-state index is 1.15. The highest BCUT2D eigenvalue weighted by molar-refractivity contribution is 4.95. The van der Waals surface area contributed by atoms with Crippen molar-refractivity contribution in [1.82, 2.24) is 0 Å². The Bertz CT molecular complexity index is 186. The van der Waals surface area contributed by atoms with Crippen LogP contribution in [0.1, 0.15) is 64.7 Å². The molecule has 0 rings (SSSR count). The van der Waals surface area contributed by atoms with Crippen molar-refractivity contribution in [1.29, 1.82) is 0 Å². The number of hydrogen-bond acceptors (Lipinski definition) is 0. The zero-order valence-corrected chi connectivity index (χ0v) is 10.8. The van der Waals surface area contributed by atoms with Crippen LogP contribution >= 0.6 is 0 Å². The quantitative estimate of drug-likeness (QED) is 0.240. The summed E-state index contributed by atoms with van der Waals surface area (Å²) in [5.41, 5.74) is 0. The van der Waals surface area contributed by atoms with Crippen LogP contribution in [0.25, 0.3) is 0 Å². The molecule has 0 nitrogen and oxygen atoms in total. The van der Waals surface area contributed by atoms with E-state index in [0.717, 1.165) is 6.42 Å². The van der Waals surface area contributed by atoms with E-state index in [4.69, 9.17) is 6.58 Å². The van der Waals surface area contributed by atoms with Gasteiger partial charge in [-0.1, -0.05) is 63.1 Å². The monoisotopic (exact) mass is 219 g/mol. The zero-order chi connectivity index (χ0) is 11.9. The van der Waals surface area contributed by atoms with Gasteiger partial charge in [-0.05, 0) is 38.5 Å². The van der Waals surface area contributed by atoms with E-state index in [1.165, 1.54) is 51.4 Å². The summed E-state index contributed by atoms with van der Waals surface area (Å²) in [5, 5.41) is 0. The van der Waals surface area contributed by atoms with Gasteiger partial charge >= 0.3 is 0 Å². The Morgan fingerprint density at radius 2 is 1.31 bits per heavy atom. The molecule has 16 heavy (non-hydrogen) atoms. The van der Waals surface area contributed by atoms with Crippen LogP contribution in [0.2, 0.25) is 0 Å². The van der Waals surface area contributed by atoms with E-state index in [0.29, 0.717) is 0 Å². The van der Waals surface area contributed by atoms with Crippen LogP contribution in [0.15, 0.2) is 30.4 Å². The van der Waals surface area contributed by atoms with Crippen LogP contribution in [-0.2, 0) is 0 Å². The fourth-order valence-electron chi connectivity index (χ4n) is 1.62. The lowest BCUT2D eigenvalue weighted by Crippen LogP contribution is -1.75. The van der Waals surface area contributed by atoms with Gasteiger partial charge in [0.2, 0.25) is 0 Å². The van der Waals surface area contributed by atoms with Gasteiger partial charge in [0.05, 0.1) is 0 Å². The van der Waals surface area contributed by atoms with Crippen LogP contribution in [0.5, 0.6) is 0 Å². The van der Waals surface area contributed by atoms with Crippen molar-refractivity contribution in [2.75, 3.05) is 0 Å². The highest BCUT2D eigenvalue weighted by Crippen LogP contribution is 2.05. The summed E-state index contributed by atoms with van der Waals surface area (Å²) >= 11 is 0. The SMILES string of the molecule is [CH]=CC=CCCCCC=CCCCCCC.